The molecule has 8 heteroatoms. The van der Waals surface area contributed by atoms with Crippen LogP contribution in [0.25, 0.3) is 0 Å². The van der Waals surface area contributed by atoms with Gasteiger partial charge in [0.25, 0.3) is 0 Å². The number of carbonyl (C=O) groups is 1. The number of esters is 1. The van der Waals surface area contributed by atoms with E-state index < -0.39 is 11.5 Å². The van der Waals surface area contributed by atoms with Crippen LogP contribution in [0.5, 0.6) is 5.75 Å². The lowest BCUT2D eigenvalue weighted by Crippen LogP contribution is -2.09. The Kier molecular flexibility index (Phi) is 5.90. The Hall–Kier alpha value is -1.88. The molecule has 0 amide bonds. The number of hydrogen-bond donors (Lipinski definition) is 0. The summed E-state index contributed by atoms with van der Waals surface area (Å²) in [6.45, 7) is 1.77. The minimum absolute atomic E-state index is 0.0638. The lowest BCUT2D eigenvalue weighted by atomic mass is 10.1. The van der Waals surface area contributed by atoms with Gasteiger partial charge in [-0.05, 0) is 30.8 Å². The Morgan fingerprint density at radius 1 is 1.43 bits per heavy atom. The maximum absolute atomic E-state index is 12.4. The lowest BCUT2D eigenvalue weighted by Gasteiger charge is -2.13. The molecule has 0 spiro atoms. The van der Waals surface area contributed by atoms with Crippen molar-refractivity contribution < 1.29 is 27.4 Å². The highest BCUT2D eigenvalue weighted by Crippen LogP contribution is 2.39. The van der Waals surface area contributed by atoms with E-state index in [4.69, 9.17) is 14.7 Å². The second kappa shape index (κ2) is 7.22. The van der Waals surface area contributed by atoms with Gasteiger partial charge in [-0.2, -0.15) is 18.4 Å². The first kappa shape index (κ1) is 17.2. The zero-order chi connectivity index (χ0) is 16.0. The van der Waals surface area contributed by atoms with Crippen molar-refractivity contribution in [3.8, 4) is 11.8 Å². The van der Waals surface area contributed by atoms with Gasteiger partial charge in [-0.25, -0.2) is 0 Å². The molecule has 4 nitrogen and oxygen atoms in total. The van der Waals surface area contributed by atoms with E-state index in [1.54, 1.807) is 13.0 Å². The van der Waals surface area contributed by atoms with Crippen LogP contribution in [0, 0.1) is 11.3 Å². The number of nitrogens with zero attached hydrogens (tertiary/aromatic N) is 1. The summed E-state index contributed by atoms with van der Waals surface area (Å²) < 4.78 is 47.1. The van der Waals surface area contributed by atoms with Crippen molar-refractivity contribution in [2.45, 2.75) is 23.7 Å². The van der Waals surface area contributed by atoms with Gasteiger partial charge in [-0.3, -0.25) is 4.79 Å². The molecule has 0 aliphatic rings. The van der Waals surface area contributed by atoms with Gasteiger partial charge < -0.3 is 9.47 Å². The van der Waals surface area contributed by atoms with Gasteiger partial charge in [0.05, 0.1) is 25.7 Å². The van der Waals surface area contributed by atoms with Crippen molar-refractivity contribution in [1.29, 1.82) is 5.26 Å². The average Bonchev–Trinajstić information content (AvgIpc) is 2.36. The standard InChI is InChI=1S/C13H12F3NO3S/c1-3-20-11(18)6-8-4-10(21-13(14,15)16)5-9(7-17)12(8)19-2/h4-5H,3,6H2,1-2H3. The second-order valence-electron chi connectivity index (χ2n) is 3.80. The van der Waals surface area contributed by atoms with E-state index >= 15 is 0 Å². The maximum atomic E-state index is 12.4. The third kappa shape index (κ3) is 5.19. The van der Waals surface area contributed by atoms with Crippen LogP contribution in [0.3, 0.4) is 0 Å². The third-order valence-electron chi connectivity index (χ3n) is 2.34. The van der Waals surface area contributed by atoms with E-state index in [9.17, 15) is 18.0 Å². The van der Waals surface area contributed by atoms with E-state index in [1.165, 1.54) is 13.2 Å². The molecule has 1 rings (SSSR count). The molecule has 0 bridgehead atoms. The van der Waals surface area contributed by atoms with Gasteiger partial charge in [0, 0.05) is 10.5 Å². The van der Waals surface area contributed by atoms with Gasteiger partial charge in [-0.1, -0.05) is 0 Å². The van der Waals surface area contributed by atoms with Gasteiger partial charge in [0.15, 0.2) is 0 Å². The predicted octanol–water partition coefficient (Wildman–Crippen LogP) is 3.28. The van der Waals surface area contributed by atoms with E-state index in [0.717, 1.165) is 6.07 Å². The predicted molar refractivity (Wildman–Crippen MR) is 70.0 cm³/mol. The lowest BCUT2D eigenvalue weighted by molar-refractivity contribution is -0.142. The number of nitriles is 1. The molecular weight excluding hydrogens is 307 g/mol. The highest BCUT2D eigenvalue weighted by Gasteiger charge is 2.30. The maximum Gasteiger partial charge on any atom is 0.446 e. The minimum Gasteiger partial charge on any atom is -0.495 e. The summed E-state index contributed by atoms with van der Waals surface area (Å²) in [6.07, 6.45) is -0.266. The first-order valence-corrected chi connectivity index (χ1v) is 6.64. The molecule has 0 radical (unpaired) electrons. The fraction of sp³-hybridized carbons (Fsp3) is 0.385. The smallest absolute Gasteiger partial charge is 0.446 e. The second-order valence-corrected chi connectivity index (χ2v) is 4.94. The molecule has 0 heterocycles. The van der Waals surface area contributed by atoms with Gasteiger partial charge >= 0.3 is 11.5 Å². The Balaban J connectivity index is 3.22. The van der Waals surface area contributed by atoms with E-state index in [2.05, 4.69) is 0 Å². The molecule has 0 fully saturated rings. The van der Waals surface area contributed by atoms with Crippen LogP contribution < -0.4 is 4.74 Å². The van der Waals surface area contributed by atoms with Crippen LogP contribution in [0.4, 0.5) is 13.2 Å². The Bertz CT molecular complexity index is 567. The number of alkyl halides is 3. The van der Waals surface area contributed by atoms with Gasteiger partial charge in [0.1, 0.15) is 11.8 Å². The Labute approximate surface area is 123 Å². The number of halogens is 3. The number of carbonyl (C=O) groups excluding carboxylic acids is 1. The largest absolute Gasteiger partial charge is 0.495 e. The molecule has 0 saturated carbocycles. The van der Waals surface area contributed by atoms with E-state index in [0.29, 0.717) is 0 Å². The molecule has 0 saturated heterocycles. The van der Waals surface area contributed by atoms with Gasteiger partial charge in [0.2, 0.25) is 0 Å². The number of methoxy groups -OCH3 is 1. The number of benzene rings is 1. The van der Waals surface area contributed by atoms with Crippen molar-refractivity contribution in [2.24, 2.45) is 0 Å². The van der Waals surface area contributed by atoms with E-state index in [1.807, 2.05) is 0 Å². The summed E-state index contributed by atoms with van der Waals surface area (Å²) in [4.78, 5) is 11.3. The topological polar surface area (TPSA) is 59.3 Å². The molecule has 0 aromatic heterocycles. The van der Waals surface area contributed by atoms with Crippen molar-refractivity contribution in [3.05, 3.63) is 23.3 Å². The molecule has 1 aromatic rings. The van der Waals surface area contributed by atoms with Crippen molar-refractivity contribution in [2.75, 3.05) is 13.7 Å². The molecule has 0 atom stereocenters. The highest BCUT2D eigenvalue weighted by molar-refractivity contribution is 8.00. The van der Waals surface area contributed by atoms with Crippen LogP contribution in [-0.4, -0.2) is 25.2 Å². The van der Waals surface area contributed by atoms with Gasteiger partial charge in [-0.15, -0.1) is 0 Å². The van der Waals surface area contributed by atoms with Crippen molar-refractivity contribution in [1.82, 2.24) is 0 Å². The number of hydrogen-bond acceptors (Lipinski definition) is 5. The quantitative estimate of drug-likeness (QED) is 0.616. The zero-order valence-corrected chi connectivity index (χ0v) is 12.1. The summed E-state index contributed by atoms with van der Waals surface area (Å²) in [5, 5.41) is 9.00. The van der Waals surface area contributed by atoms with Crippen LogP contribution >= 0.6 is 11.8 Å². The summed E-state index contributed by atoms with van der Waals surface area (Å²) in [6, 6.07) is 4.01. The monoisotopic (exact) mass is 319 g/mol. The molecule has 0 unspecified atom stereocenters. The highest BCUT2D eigenvalue weighted by atomic mass is 32.2. The fourth-order valence-electron chi connectivity index (χ4n) is 1.68. The minimum atomic E-state index is -4.48. The molecule has 1 aromatic carbocycles. The van der Waals surface area contributed by atoms with Crippen LogP contribution in [-0.2, 0) is 16.0 Å². The molecule has 21 heavy (non-hydrogen) atoms. The summed E-state index contributed by atoms with van der Waals surface area (Å²) >= 11 is -0.355. The van der Waals surface area contributed by atoms with Crippen LogP contribution in [0.2, 0.25) is 0 Å². The number of thioether (sulfide) groups is 1. The van der Waals surface area contributed by atoms with Crippen LogP contribution in [0.1, 0.15) is 18.1 Å². The number of rotatable bonds is 5. The molecule has 0 aliphatic carbocycles. The molecule has 0 aliphatic heterocycles. The normalized spacial score (nSPS) is 10.9. The summed E-state index contributed by atoms with van der Waals surface area (Å²) in [7, 11) is 1.28. The summed E-state index contributed by atoms with van der Waals surface area (Å²) in [5.41, 5.74) is -4.37. The first-order valence-electron chi connectivity index (χ1n) is 5.83. The van der Waals surface area contributed by atoms with Crippen LogP contribution in [0.15, 0.2) is 17.0 Å². The van der Waals surface area contributed by atoms with E-state index in [-0.39, 0.29) is 46.6 Å². The fourth-order valence-corrected chi connectivity index (χ4v) is 2.32. The Morgan fingerprint density at radius 2 is 2.10 bits per heavy atom. The molecule has 114 valence electrons. The molecule has 0 N–H and O–H groups in total. The Morgan fingerprint density at radius 3 is 2.57 bits per heavy atom. The summed E-state index contributed by atoms with van der Waals surface area (Å²) in [5.74, 6) is -0.522. The van der Waals surface area contributed by atoms with Crippen molar-refractivity contribution in [3.63, 3.8) is 0 Å². The third-order valence-corrected chi connectivity index (χ3v) is 3.04. The SMILES string of the molecule is CCOC(=O)Cc1cc(SC(F)(F)F)cc(C#N)c1OC. The average molecular weight is 319 g/mol. The molecular formula is C13H12F3NO3S. The first-order chi connectivity index (χ1) is 9.80. The van der Waals surface area contributed by atoms with Crippen molar-refractivity contribution >= 4 is 17.7 Å². The zero-order valence-electron chi connectivity index (χ0n) is 11.3. The number of ether oxygens (including phenoxy) is 2.